The van der Waals surface area contributed by atoms with E-state index in [9.17, 15) is 0 Å². The van der Waals surface area contributed by atoms with E-state index in [0.717, 1.165) is 29.2 Å². The second kappa shape index (κ2) is 11.5. The SMILES string of the molecule is CC1(Nc2ccc(N(c3ccc(-c4ccccc4)cc3)c3ccc4ccccc4c3)cc2)C=CC=C(c2ccccc2)C1. The number of fused-ring (bicyclic) bond motifs is 1. The van der Waals surface area contributed by atoms with Crippen molar-refractivity contribution in [3.05, 3.63) is 175 Å². The summed E-state index contributed by atoms with van der Waals surface area (Å²) in [4.78, 5) is 2.34. The van der Waals surface area contributed by atoms with Crippen molar-refractivity contribution < 1.29 is 0 Å². The molecule has 7 rings (SSSR count). The average Bonchev–Trinajstić information content (AvgIpc) is 3.07. The Morgan fingerprint density at radius 3 is 1.79 bits per heavy atom. The number of anilines is 4. The Hall–Kier alpha value is -5.34. The summed E-state index contributed by atoms with van der Waals surface area (Å²) in [6.45, 7) is 2.27. The van der Waals surface area contributed by atoms with Gasteiger partial charge in [-0.15, -0.1) is 0 Å². The number of nitrogens with zero attached hydrogens (tertiary/aromatic N) is 1. The lowest BCUT2D eigenvalue weighted by Crippen LogP contribution is -2.33. The van der Waals surface area contributed by atoms with E-state index in [2.05, 4.69) is 187 Å². The van der Waals surface area contributed by atoms with Gasteiger partial charge < -0.3 is 10.2 Å². The van der Waals surface area contributed by atoms with Crippen LogP contribution < -0.4 is 10.2 Å². The van der Waals surface area contributed by atoms with Gasteiger partial charge in [-0.2, -0.15) is 0 Å². The van der Waals surface area contributed by atoms with Gasteiger partial charge in [0.05, 0.1) is 5.54 Å². The van der Waals surface area contributed by atoms with Gasteiger partial charge in [-0.3, -0.25) is 0 Å². The molecule has 6 aromatic carbocycles. The van der Waals surface area contributed by atoms with Gasteiger partial charge in [-0.05, 0) is 94.9 Å². The first-order valence-corrected chi connectivity index (χ1v) is 14.9. The third-order valence-electron chi connectivity index (χ3n) is 8.24. The molecule has 1 unspecified atom stereocenters. The summed E-state index contributed by atoms with van der Waals surface area (Å²) in [7, 11) is 0. The normalized spacial score (nSPS) is 16.1. The van der Waals surface area contributed by atoms with Crippen LogP contribution in [0.25, 0.3) is 27.5 Å². The van der Waals surface area contributed by atoms with Crippen molar-refractivity contribution >= 4 is 39.1 Å². The van der Waals surface area contributed by atoms with E-state index < -0.39 is 0 Å². The molecule has 0 amide bonds. The van der Waals surface area contributed by atoms with Crippen LogP contribution >= 0.6 is 0 Å². The fourth-order valence-corrected chi connectivity index (χ4v) is 6.05. The summed E-state index contributed by atoms with van der Waals surface area (Å²) >= 11 is 0. The standard InChI is InChI=1S/C41H34N2/c1-41(28-10-17-36(30-41)32-13-6-3-7-14-32)42-37-21-26-39(27-22-37)43(40-25-20-33-15-8-9-16-35(33)29-40)38-23-18-34(19-24-38)31-11-4-2-5-12-31/h2-29,42H,30H2,1H3. The highest BCUT2D eigenvalue weighted by atomic mass is 15.1. The van der Waals surface area contributed by atoms with Gasteiger partial charge in [0.2, 0.25) is 0 Å². The van der Waals surface area contributed by atoms with E-state index in [4.69, 9.17) is 0 Å². The maximum atomic E-state index is 3.81. The first-order chi connectivity index (χ1) is 21.1. The van der Waals surface area contributed by atoms with Crippen molar-refractivity contribution in [2.45, 2.75) is 18.9 Å². The van der Waals surface area contributed by atoms with Crippen LogP contribution in [0.2, 0.25) is 0 Å². The third kappa shape index (κ3) is 5.73. The zero-order chi connectivity index (χ0) is 29.1. The fraction of sp³-hybridized carbons (Fsp3) is 0.0732. The zero-order valence-electron chi connectivity index (χ0n) is 24.3. The monoisotopic (exact) mass is 554 g/mol. The van der Waals surface area contributed by atoms with Crippen LogP contribution in [0.3, 0.4) is 0 Å². The Kier molecular flexibility index (Phi) is 7.10. The van der Waals surface area contributed by atoms with Crippen molar-refractivity contribution in [1.29, 1.82) is 0 Å². The van der Waals surface area contributed by atoms with Gasteiger partial charge >= 0.3 is 0 Å². The van der Waals surface area contributed by atoms with Gasteiger partial charge in [-0.25, -0.2) is 0 Å². The van der Waals surface area contributed by atoms with Crippen molar-refractivity contribution in [3.63, 3.8) is 0 Å². The Morgan fingerprint density at radius 2 is 1.09 bits per heavy atom. The number of hydrogen-bond acceptors (Lipinski definition) is 2. The van der Waals surface area contributed by atoms with Gasteiger partial charge in [0, 0.05) is 22.7 Å². The lowest BCUT2D eigenvalue weighted by Gasteiger charge is -2.33. The minimum atomic E-state index is -0.174. The minimum Gasteiger partial charge on any atom is -0.376 e. The first kappa shape index (κ1) is 26.6. The van der Waals surface area contributed by atoms with Gasteiger partial charge in [0.15, 0.2) is 0 Å². The molecule has 0 bridgehead atoms. The quantitative estimate of drug-likeness (QED) is 0.211. The van der Waals surface area contributed by atoms with Crippen LogP contribution in [0.15, 0.2) is 170 Å². The second-order valence-electron chi connectivity index (χ2n) is 11.5. The molecule has 1 aliphatic carbocycles. The van der Waals surface area contributed by atoms with Crippen LogP contribution in [-0.4, -0.2) is 5.54 Å². The topological polar surface area (TPSA) is 15.3 Å². The molecule has 0 fully saturated rings. The largest absolute Gasteiger partial charge is 0.376 e. The first-order valence-electron chi connectivity index (χ1n) is 14.9. The molecule has 6 aromatic rings. The zero-order valence-corrected chi connectivity index (χ0v) is 24.3. The molecule has 1 atom stereocenters. The lowest BCUT2D eigenvalue weighted by molar-refractivity contribution is 0.650. The summed E-state index contributed by atoms with van der Waals surface area (Å²) in [6.07, 6.45) is 7.59. The maximum Gasteiger partial charge on any atom is 0.0571 e. The number of allylic oxidation sites excluding steroid dienone is 2. The molecule has 0 aliphatic heterocycles. The highest BCUT2D eigenvalue weighted by Crippen LogP contribution is 2.38. The molecule has 2 heteroatoms. The lowest BCUT2D eigenvalue weighted by atomic mass is 9.85. The molecule has 1 N–H and O–H groups in total. The summed E-state index contributed by atoms with van der Waals surface area (Å²) in [5, 5.41) is 6.27. The molecular weight excluding hydrogens is 520 g/mol. The molecule has 0 aromatic heterocycles. The Labute approximate surface area is 254 Å². The maximum absolute atomic E-state index is 3.81. The Morgan fingerprint density at radius 1 is 0.535 bits per heavy atom. The van der Waals surface area contributed by atoms with Gasteiger partial charge in [0.25, 0.3) is 0 Å². The minimum absolute atomic E-state index is 0.174. The number of nitrogens with one attached hydrogen (secondary N) is 1. The molecule has 0 heterocycles. The van der Waals surface area contributed by atoms with Crippen LogP contribution in [0.4, 0.5) is 22.7 Å². The molecule has 208 valence electrons. The summed E-state index contributed by atoms with van der Waals surface area (Å²) in [5.74, 6) is 0. The third-order valence-corrected chi connectivity index (χ3v) is 8.24. The molecular formula is C41H34N2. The Bertz CT molecular complexity index is 1900. The van der Waals surface area contributed by atoms with E-state index in [0.29, 0.717) is 0 Å². The smallest absolute Gasteiger partial charge is 0.0571 e. The van der Waals surface area contributed by atoms with E-state index in [-0.39, 0.29) is 5.54 Å². The average molecular weight is 555 g/mol. The van der Waals surface area contributed by atoms with Crippen molar-refractivity contribution in [1.82, 2.24) is 0 Å². The van der Waals surface area contributed by atoms with Gasteiger partial charge in [0.1, 0.15) is 0 Å². The molecule has 0 saturated carbocycles. The van der Waals surface area contributed by atoms with Crippen LogP contribution in [0.5, 0.6) is 0 Å². The van der Waals surface area contributed by atoms with Gasteiger partial charge in [-0.1, -0.05) is 121 Å². The number of rotatable bonds is 7. The van der Waals surface area contributed by atoms with Crippen molar-refractivity contribution in [3.8, 4) is 11.1 Å². The number of hydrogen-bond donors (Lipinski definition) is 1. The number of benzene rings is 6. The van der Waals surface area contributed by atoms with Crippen LogP contribution in [0.1, 0.15) is 18.9 Å². The molecule has 43 heavy (non-hydrogen) atoms. The predicted octanol–water partition coefficient (Wildman–Crippen LogP) is 11.2. The predicted molar refractivity (Wildman–Crippen MR) is 184 cm³/mol. The van der Waals surface area contributed by atoms with E-state index in [1.165, 1.54) is 33.0 Å². The van der Waals surface area contributed by atoms with E-state index in [1.807, 2.05) is 0 Å². The molecule has 0 spiro atoms. The summed E-state index contributed by atoms with van der Waals surface area (Å²) in [5.41, 5.74) is 9.34. The highest BCUT2D eigenvalue weighted by molar-refractivity contribution is 5.89. The second-order valence-corrected chi connectivity index (χ2v) is 11.5. The fourth-order valence-electron chi connectivity index (χ4n) is 6.05. The Balaban J connectivity index is 1.19. The molecule has 1 aliphatic rings. The highest BCUT2D eigenvalue weighted by Gasteiger charge is 2.25. The van der Waals surface area contributed by atoms with E-state index in [1.54, 1.807) is 0 Å². The summed E-state index contributed by atoms with van der Waals surface area (Å²) < 4.78 is 0. The van der Waals surface area contributed by atoms with Crippen molar-refractivity contribution in [2.24, 2.45) is 0 Å². The van der Waals surface area contributed by atoms with Crippen molar-refractivity contribution in [2.75, 3.05) is 10.2 Å². The molecule has 2 nitrogen and oxygen atoms in total. The molecule has 0 saturated heterocycles. The van der Waals surface area contributed by atoms with Crippen LogP contribution in [-0.2, 0) is 0 Å². The van der Waals surface area contributed by atoms with E-state index >= 15 is 0 Å². The van der Waals surface area contributed by atoms with Crippen LogP contribution in [0, 0.1) is 0 Å². The molecule has 0 radical (unpaired) electrons. The summed E-state index contributed by atoms with van der Waals surface area (Å²) in [6, 6.07) is 54.1.